The fraction of sp³-hybridized carbons (Fsp3) is 0.619. The molecule has 1 unspecified atom stereocenters. The van der Waals surface area contributed by atoms with Crippen LogP contribution in [0, 0.1) is 0 Å². The van der Waals surface area contributed by atoms with E-state index in [1.807, 2.05) is 36.4 Å². The fourth-order valence-electron chi connectivity index (χ4n) is 5.99. The highest BCUT2D eigenvalue weighted by Gasteiger charge is 2.38. The Morgan fingerprint density at radius 3 is 1.86 bits per heavy atom. The van der Waals surface area contributed by atoms with Crippen molar-refractivity contribution < 1.29 is 42.9 Å². The lowest BCUT2D eigenvalue weighted by molar-refractivity contribution is -0.135. The maximum absolute atomic E-state index is 14.4. The molecule has 0 bridgehead atoms. The molecule has 2 aromatic rings. The third kappa shape index (κ3) is 14.7. The number of hydrogen-bond acceptors (Lipinski definition) is 9. The first kappa shape index (κ1) is 46.2. The van der Waals surface area contributed by atoms with Gasteiger partial charge >= 0.3 is 18.3 Å². The van der Waals surface area contributed by atoms with Gasteiger partial charge in [-0.2, -0.15) is 0 Å². The van der Waals surface area contributed by atoms with E-state index in [4.69, 9.17) is 18.6 Å². The van der Waals surface area contributed by atoms with E-state index in [9.17, 15) is 24.3 Å². The molecule has 0 radical (unpaired) electrons. The Kier molecular flexibility index (Phi) is 16.4. The third-order valence-corrected chi connectivity index (χ3v) is 14.3. The molecular weight excluding hydrogens is 733 g/mol. The van der Waals surface area contributed by atoms with E-state index in [0.29, 0.717) is 19.4 Å². The number of nitrogens with one attached hydrogen (secondary N) is 3. The zero-order valence-corrected chi connectivity index (χ0v) is 36.4. The first-order chi connectivity index (χ1) is 26.0. The van der Waals surface area contributed by atoms with Gasteiger partial charge in [0.2, 0.25) is 5.91 Å². The monoisotopic (exact) mass is 798 g/mol. The molecule has 4 amide bonds. The molecule has 2 atom stereocenters. The van der Waals surface area contributed by atoms with Gasteiger partial charge in [-0.3, -0.25) is 4.79 Å². The van der Waals surface area contributed by atoms with E-state index >= 15 is 0 Å². The largest absolute Gasteiger partial charge is 0.449 e. The number of ether oxygens (including phenoxy) is 3. The zero-order chi connectivity index (χ0) is 41.9. The maximum Gasteiger partial charge on any atom is 0.407 e. The van der Waals surface area contributed by atoms with Crippen molar-refractivity contribution in [2.45, 2.75) is 129 Å². The minimum atomic E-state index is -2.19. The zero-order valence-electron chi connectivity index (χ0n) is 35.4. The SMILES string of the molecule is CC(C)(C)OC(=O)NCCCC[C@H](NC(=O)OCC1c2ccccc2-c2ccccc21)C(=O)N(CCO[Si](C)(C)C(C)(C)C)CC(O)CNC(=O)OC(C)(C)C. The minimum Gasteiger partial charge on any atom is -0.449 e. The molecule has 4 N–H and O–H groups in total. The summed E-state index contributed by atoms with van der Waals surface area (Å²) in [4.78, 5) is 53.9. The van der Waals surface area contributed by atoms with Crippen LogP contribution in [0.15, 0.2) is 48.5 Å². The quantitative estimate of drug-likeness (QED) is 0.0729. The van der Waals surface area contributed by atoms with Crippen LogP contribution in [-0.2, 0) is 23.4 Å². The Bertz CT molecular complexity index is 1590. The van der Waals surface area contributed by atoms with Crippen molar-refractivity contribution in [3.63, 3.8) is 0 Å². The van der Waals surface area contributed by atoms with Gasteiger partial charge in [0, 0.05) is 32.1 Å². The van der Waals surface area contributed by atoms with Crippen LogP contribution < -0.4 is 16.0 Å². The first-order valence-electron chi connectivity index (χ1n) is 19.6. The smallest absolute Gasteiger partial charge is 0.407 e. The summed E-state index contributed by atoms with van der Waals surface area (Å²) in [6.07, 6.45) is -1.92. The van der Waals surface area contributed by atoms with Crippen molar-refractivity contribution in [1.29, 1.82) is 0 Å². The van der Waals surface area contributed by atoms with Gasteiger partial charge in [0.05, 0.1) is 12.7 Å². The fourth-order valence-corrected chi connectivity index (χ4v) is 7.03. The molecule has 312 valence electrons. The molecule has 3 rings (SSSR count). The molecule has 0 fully saturated rings. The molecule has 0 spiro atoms. The topological polar surface area (TPSA) is 165 Å². The number of fused-ring (bicyclic) bond motifs is 3. The second-order valence-corrected chi connectivity index (χ2v) is 22.7. The molecule has 0 aliphatic heterocycles. The summed E-state index contributed by atoms with van der Waals surface area (Å²) in [7, 11) is -2.19. The number of carbonyl (C=O) groups excluding carboxylic acids is 4. The van der Waals surface area contributed by atoms with Crippen molar-refractivity contribution >= 4 is 32.5 Å². The number of aliphatic hydroxyl groups is 1. The van der Waals surface area contributed by atoms with Gasteiger partial charge < -0.3 is 44.6 Å². The van der Waals surface area contributed by atoms with E-state index in [1.165, 1.54) is 4.90 Å². The molecule has 1 aliphatic carbocycles. The summed E-state index contributed by atoms with van der Waals surface area (Å²) in [5, 5.41) is 19.1. The Balaban J connectivity index is 1.78. The Hall–Kier alpha value is -4.14. The van der Waals surface area contributed by atoms with Gasteiger partial charge in [-0.25, -0.2) is 14.4 Å². The number of nitrogens with zero attached hydrogens (tertiary/aromatic N) is 1. The van der Waals surface area contributed by atoms with Crippen LogP contribution in [0.25, 0.3) is 11.1 Å². The second kappa shape index (κ2) is 19.8. The van der Waals surface area contributed by atoms with Crippen molar-refractivity contribution in [1.82, 2.24) is 20.9 Å². The average molecular weight is 799 g/mol. The van der Waals surface area contributed by atoms with Crippen molar-refractivity contribution in [2.75, 3.05) is 39.4 Å². The number of carbonyl (C=O) groups is 4. The first-order valence-corrected chi connectivity index (χ1v) is 22.5. The minimum absolute atomic E-state index is 0.0691. The summed E-state index contributed by atoms with van der Waals surface area (Å²) in [5.41, 5.74) is 2.96. The number of alkyl carbamates (subject to hydrolysis) is 3. The van der Waals surface area contributed by atoms with Gasteiger partial charge in [-0.15, -0.1) is 0 Å². The van der Waals surface area contributed by atoms with Crippen LogP contribution in [0.5, 0.6) is 0 Å². The molecule has 0 aromatic heterocycles. The molecule has 1 aliphatic rings. The summed E-state index contributed by atoms with van der Waals surface area (Å²) in [5.74, 6) is -0.605. The third-order valence-electron chi connectivity index (χ3n) is 9.78. The lowest BCUT2D eigenvalue weighted by atomic mass is 9.98. The van der Waals surface area contributed by atoms with Gasteiger partial charge in [0.25, 0.3) is 0 Å². The van der Waals surface area contributed by atoms with E-state index in [-0.39, 0.29) is 50.2 Å². The lowest BCUT2D eigenvalue weighted by Gasteiger charge is -2.37. The van der Waals surface area contributed by atoms with Crippen LogP contribution in [0.3, 0.4) is 0 Å². The maximum atomic E-state index is 14.4. The highest BCUT2D eigenvalue weighted by Crippen LogP contribution is 2.44. The van der Waals surface area contributed by atoms with Crippen LogP contribution in [0.2, 0.25) is 18.1 Å². The Labute approximate surface area is 334 Å². The average Bonchev–Trinajstić information content (AvgIpc) is 3.40. The standard InChI is InChI=1S/C42H66N4O9Si/c1-40(2,3)54-37(49)43-23-17-16-22-35(45-39(51)52-28-34-32-20-14-12-18-30(32)31-19-13-15-21-33(31)34)36(48)46(24-25-53-56(10,11)42(7,8)9)27-29(47)26-44-38(50)55-41(4,5)6/h12-15,18-21,29,34-35,47H,16-17,22-28H2,1-11H3,(H,43,49)(H,44,50)(H,45,51)/t29?,35-/m0/s1. The van der Waals surface area contributed by atoms with Crippen LogP contribution in [0.1, 0.15) is 98.6 Å². The van der Waals surface area contributed by atoms with Crippen molar-refractivity contribution in [3.05, 3.63) is 59.7 Å². The van der Waals surface area contributed by atoms with Gasteiger partial charge in [0.15, 0.2) is 8.32 Å². The highest BCUT2D eigenvalue weighted by molar-refractivity contribution is 6.74. The predicted molar refractivity (Wildman–Crippen MR) is 220 cm³/mol. The molecule has 0 saturated heterocycles. The molecular formula is C42H66N4O9Si. The molecule has 56 heavy (non-hydrogen) atoms. The number of amides is 4. The van der Waals surface area contributed by atoms with Crippen molar-refractivity contribution in [2.24, 2.45) is 0 Å². The highest BCUT2D eigenvalue weighted by atomic mass is 28.4. The number of benzene rings is 2. The van der Waals surface area contributed by atoms with E-state index in [2.05, 4.69) is 61.9 Å². The molecule has 0 heterocycles. The van der Waals surface area contributed by atoms with Crippen LogP contribution in [0.4, 0.5) is 14.4 Å². The summed E-state index contributed by atoms with van der Waals surface area (Å²) >= 11 is 0. The second-order valence-electron chi connectivity index (χ2n) is 17.9. The van der Waals surface area contributed by atoms with Crippen molar-refractivity contribution in [3.8, 4) is 11.1 Å². The van der Waals surface area contributed by atoms with Gasteiger partial charge in [-0.1, -0.05) is 69.3 Å². The summed E-state index contributed by atoms with van der Waals surface area (Å²) < 4.78 is 22.9. The van der Waals surface area contributed by atoms with Gasteiger partial charge in [-0.05, 0) is 101 Å². The number of unbranched alkanes of at least 4 members (excludes halogenated alkanes) is 1. The predicted octanol–water partition coefficient (Wildman–Crippen LogP) is 7.32. The van der Waals surface area contributed by atoms with Gasteiger partial charge in [0.1, 0.15) is 23.9 Å². The van der Waals surface area contributed by atoms with E-state index in [0.717, 1.165) is 22.3 Å². The number of aliphatic hydroxyl groups excluding tert-OH is 1. The van der Waals surface area contributed by atoms with Crippen LogP contribution >= 0.6 is 0 Å². The summed E-state index contributed by atoms with van der Waals surface area (Å²) in [6, 6.07) is 15.1. The number of rotatable bonds is 17. The molecule has 0 saturated carbocycles. The lowest BCUT2D eigenvalue weighted by Crippen LogP contribution is -2.53. The Morgan fingerprint density at radius 2 is 1.32 bits per heavy atom. The summed E-state index contributed by atoms with van der Waals surface area (Å²) in [6.45, 7) is 21.6. The van der Waals surface area contributed by atoms with E-state index < -0.39 is 55.9 Å². The Morgan fingerprint density at radius 1 is 0.786 bits per heavy atom. The number of hydrogen-bond donors (Lipinski definition) is 4. The van der Waals surface area contributed by atoms with E-state index in [1.54, 1.807) is 41.5 Å². The molecule has 13 nitrogen and oxygen atoms in total. The molecule has 2 aromatic carbocycles. The molecule has 14 heteroatoms. The normalized spacial score (nSPS) is 14.1. The van der Waals surface area contributed by atoms with Crippen LogP contribution in [-0.4, -0.2) is 105 Å².